The van der Waals surface area contributed by atoms with E-state index in [1.54, 1.807) is 18.9 Å². The Morgan fingerprint density at radius 2 is 1.93 bits per heavy atom. The van der Waals surface area contributed by atoms with Gasteiger partial charge in [-0.25, -0.2) is 8.42 Å². The lowest BCUT2D eigenvalue weighted by Gasteiger charge is -2.28. The Labute approximate surface area is 170 Å². The third kappa shape index (κ3) is 3.65. The Hall–Kier alpha value is -1.99. The number of amidine groups is 1. The highest BCUT2D eigenvalue weighted by Gasteiger charge is 2.47. The Morgan fingerprint density at radius 3 is 2.68 bits per heavy atom. The topological polar surface area (TPSA) is 59.0 Å². The fraction of sp³-hybridized carbons (Fsp3) is 0.381. The highest BCUT2D eigenvalue weighted by molar-refractivity contribution is 8.13. The Morgan fingerprint density at radius 1 is 1.14 bits per heavy atom. The van der Waals surface area contributed by atoms with E-state index in [9.17, 15) is 8.42 Å². The van der Waals surface area contributed by atoms with Gasteiger partial charge in [-0.05, 0) is 42.7 Å². The smallest absolute Gasteiger partial charge is 0.164 e. The number of aliphatic imine (C=N–C) groups is 1. The second-order valence-corrected chi connectivity index (χ2v) is 10.5. The van der Waals surface area contributed by atoms with Crippen LogP contribution in [0.15, 0.2) is 47.5 Å². The van der Waals surface area contributed by atoms with Crippen molar-refractivity contribution in [3.63, 3.8) is 0 Å². The molecule has 0 saturated carbocycles. The lowest BCUT2D eigenvalue weighted by Crippen LogP contribution is -2.39. The third-order valence-corrected chi connectivity index (χ3v) is 8.13. The van der Waals surface area contributed by atoms with Crippen LogP contribution < -0.4 is 9.64 Å². The quantitative estimate of drug-likeness (QED) is 0.762. The van der Waals surface area contributed by atoms with Gasteiger partial charge in [0.15, 0.2) is 15.0 Å². The fourth-order valence-corrected chi connectivity index (χ4v) is 6.69. The zero-order valence-electron chi connectivity index (χ0n) is 16.3. The number of hydrogen-bond donors (Lipinski definition) is 0. The largest absolute Gasteiger partial charge is 0.495 e. The van der Waals surface area contributed by atoms with E-state index < -0.39 is 9.84 Å². The van der Waals surface area contributed by atoms with E-state index in [1.807, 2.05) is 24.3 Å². The second kappa shape index (κ2) is 7.44. The van der Waals surface area contributed by atoms with E-state index >= 15 is 0 Å². The first kappa shape index (κ1) is 19.3. The summed E-state index contributed by atoms with van der Waals surface area (Å²) in [6.45, 7) is 4.23. The maximum absolute atomic E-state index is 12.2. The molecule has 2 atom stereocenters. The molecule has 2 aliphatic heterocycles. The summed E-state index contributed by atoms with van der Waals surface area (Å²) >= 11 is 1.66. The number of para-hydroxylation sites is 2. The van der Waals surface area contributed by atoms with Crippen LogP contribution >= 0.6 is 11.8 Å². The zero-order valence-corrected chi connectivity index (χ0v) is 17.9. The number of aryl methyl sites for hydroxylation is 2. The molecular formula is C21H24N2O3S2. The number of sulfone groups is 1. The van der Waals surface area contributed by atoms with Crippen molar-refractivity contribution in [1.82, 2.24) is 0 Å². The molecule has 0 N–H and O–H groups in total. The molecule has 0 radical (unpaired) electrons. The molecule has 148 valence electrons. The van der Waals surface area contributed by atoms with Crippen LogP contribution in [-0.4, -0.2) is 44.3 Å². The number of rotatable bonds is 4. The molecule has 0 bridgehead atoms. The molecule has 5 nitrogen and oxygen atoms in total. The summed E-state index contributed by atoms with van der Waals surface area (Å²) in [5.41, 5.74) is 4.67. The minimum atomic E-state index is -3.07. The van der Waals surface area contributed by atoms with E-state index in [0.29, 0.717) is 0 Å². The molecule has 28 heavy (non-hydrogen) atoms. The number of methoxy groups -OCH3 is 1. The van der Waals surface area contributed by atoms with Gasteiger partial charge in [-0.1, -0.05) is 42.1 Å². The van der Waals surface area contributed by atoms with Gasteiger partial charge < -0.3 is 9.64 Å². The molecule has 2 aromatic rings. The number of thioether (sulfide) groups is 1. The maximum Gasteiger partial charge on any atom is 0.164 e. The van der Waals surface area contributed by atoms with Crippen LogP contribution in [-0.2, 0) is 15.6 Å². The molecule has 7 heteroatoms. The van der Waals surface area contributed by atoms with Crippen LogP contribution in [0.25, 0.3) is 0 Å². The summed E-state index contributed by atoms with van der Waals surface area (Å²) in [7, 11) is -1.43. The van der Waals surface area contributed by atoms with Crippen LogP contribution in [0, 0.1) is 13.8 Å². The van der Waals surface area contributed by atoms with Gasteiger partial charge in [0.1, 0.15) is 5.75 Å². The van der Waals surface area contributed by atoms with Gasteiger partial charge in [-0.15, -0.1) is 0 Å². The van der Waals surface area contributed by atoms with Crippen molar-refractivity contribution in [2.45, 2.75) is 31.7 Å². The molecule has 2 aromatic carbocycles. The van der Waals surface area contributed by atoms with Crippen LogP contribution in [0.5, 0.6) is 5.75 Å². The fourth-order valence-electron chi connectivity index (χ4n) is 3.78. The minimum Gasteiger partial charge on any atom is -0.495 e. The number of benzene rings is 2. The lowest BCUT2D eigenvalue weighted by atomic mass is 10.1. The van der Waals surface area contributed by atoms with Crippen LogP contribution in [0.2, 0.25) is 0 Å². The van der Waals surface area contributed by atoms with Crippen molar-refractivity contribution in [1.29, 1.82) is 0 Å². The van der Waals surface area contributed by atoms with Crippen LogP contribution in [0.3, 0.4) is 0 Å². The highest BCUT2D eigenvalue weighted by atomic mass is 32.2. The lowest BCUT2D eigenvalue weighted by molar-refractivity contribution is 0.415. The SMILES string of the molecule is COc1ccccc1N1C(SCc2ccc(C)c(C)c2)=N[C@@H]2CS(=O)(=O)C[C@H]21. The van der Waals surface area contributed by atoms with Crippen molar-refractivity contribution in [3.8, 4) is 5.75 Å². The predicted molar refractivity (Wildman–Crippen MR) is 116 cm³/mol. The van der Waals surface area contributed by atoms with Crippen molar-refractivity contribution >= 4 is 32.5 Å². The number of hydrogen-bond acceptors (Lipinski definition) is 6. The first-order chi connectivity index (χ1) is 13.4. The van der Waals surface area contributed by atoms with Gasteiger partial charge in [-0.2, -0.15) is 0 Å². The number of fused-ring (bicyclic) bond motifs is 1. The van der Waals surface area contributed by atoms with Gasteiger partial charge in [0, 0.05) is 5.75 Å². The first-order valence-corrected chi connectivity index (χ1v) is 12.1. The van der Waals surface area contributed by atoms with Crippen LogP contribution in [0.4, 0.5) is 5.69 Å². The van der Waals surface area contributed by atoms with Crippen molar-refractivity contribution in [2.75, 3.05) is 23.5 Å². The minimum absolute atomic E-state index is 0.122. The Kier molecular flexibility index (Phi) is 5.14. The molecule has 0 amide bonds. The van der Waals surface area contributed by atoms with E-state index in [1.165, 1.54) is 16.7 Å². The molecule has 1 saturated heterocycles. The second-order valence-electron chi connectivity index (χ2n) is 7.37. The van der Waals surface area contributed by atoms with Crippen molar-refractivity contribution < 1.29 is 13.2 Å². The van der Waals surface area contributed by atoms with Gasteiger partial charge in [0.25, 0.3) is 0 Å². The summed E-state index contributed by atoms with van der Waals surface area (Å²) in [6, 6.07) is 13.8. The zero-order chi connectivity index (χ0) is 19.9. The Balaban J connectivity index is 1.64. The first-order valence-electron chi connectivity index (χ1n) is 9.27. The Bertz CT molecular complexity index is 1030. The average Bonchev–Trinajstić information content (AvgIpc) is 3.13. The summed E-state index contributed by atoms with van der Waals surface area (Å²) in [6.07, 6.45) is 0. The van der Waals surface area contributed by atoms with E-state index in [-0.39, 0.29) is 23.6 Å². The summed E-state index contributed by atoms with van der Waals surface area (Å²) in [5, 5.41) is 0.868. The number of nitrogens with zero attached hydrogens (tertiary/aromatic N) is 2. The molecule has 1 fully saturated rings. The maximum atomic E-state index is 12.2. The normalized spacial score (nSPS) is 22.8. The number of ether oxygens (including phenoxy) is 1. The molecule has 2 aliphatic rings. The summed E-state index contributed by atoms with van der Waals surface area (Å²) in [5.74, 6) is 1.77. The van der Waals surface area contributed by atoms with Gasteiger partial charge >= 0.3 is 0 Å². The summed E-state index contributed by atoms with van der Waals surface area (Å²) < 4.78 is 29.9. The molecular weight excluding hydrogens is 392 g/mol. The van der Waals surface area contributed by atoms with E-state index in [0.717, 1.165) is 22.4 Å². The standard InChI is InChI=1S/C21H24N2O3S2/c1-14-8-9-16(10-15(14)2)11-27-21-22-17-12-28(24,25)13-19(17)23(21)18-6-4-5-7-20(18)26-3/h4-10,17,19H,11-13H2,1-3H3/t17-,19-/m1/s1. The summed E-state index contributed by atoms with van der Waals surface area (Å²) in [4.78, 5) is 6.87. The monoisotopic (exact) mass is 416 g/mol. The van der Waals surface area contributed by atoms with Gasteiger partial charge in [0.2, 0.25) is 0 Å². The van der Waals surface area contributed by atoms with E-state index in [4.69, 9.17) is 9.73 Å². The molecule has 0 unspecified atom stereocenters. The molecule has 4 rings (SSSR count). The van der Waals surface area contributed by atoms with Crippen molar-refractivity contribution in [2.24, 2.45) is 4.99 Å². The predicted octanol–water partition coefficient (Wildman–Crippen LogP) is 3.59. The molecule has 0 aliphatic carbocycles. The average molecular weight is 417 g/mol. The third-order valence-electron chi connectivity index (χ3n) is 5.39. The molecule has 2 heterocycles. The molecule has 0 aromatic heterocycles. The highest BCUT2D eigenvalue weighted by Crippen LogP contribution is 2.39. The number of anilines is 1. The van der Waals surface area contributed by atoms with E-state index in [2.05, 4.69) is 36.9 Å². The van der Waals surface area contributed by atoms with Gasteiger partial charge in [-0.3, -0.25) is 4.99 Å². The van der Waals surface area contributed by atoms with Crippen molar-refractivity contribution in [3.05, 3.63) is 59.2 Å². The molecule has 0 spiro atoms. The van der Waals surface area contributed by atoms with Gasteiger partial charge in [0.05, 0.1) is 36.4 Å². The van der Waals surface area contributed by atoms with Crippen LogP contribution in [0.1, 0.15) is 16.7 Å².